The predicted molar refractivity (Wildman–Crippen MR) is 76.7 cm³/mol. The van der Waals surface area contributed by atoms with Gasteiger partial charge in [0, 0.05) is 6.54 Å². The molecule has 1 heterocycles. The fourth-order valence-electron chi connectivity index (χ4n) is 2.54. The number of aryl methyl sites for hydroxylation is 2. The Labute approximate surface area is 115 Å². The van der Waals surface area contributed by atoms with Gasteiger partial charge in [-0.25, -0.2) is 13.1 Å². The zero-order valence-corrected chi connectivity index (χ0v) is 12.4. The van der Waals surface area contributed by atoms with Crippen LogP contribution >= 0.6 is 0 Å². The first-order valence-corrected chi connectivity index (χ1v) is 8.25. The van der Waals surface area contributed by atoms with Crippen molar-refractivity contribution in [1.82, 2.24) is 10.0 Å². The van der Waals surface area contributed by atoms with Crippen LogP contribution in [0.3, 0.4) is 0 Å². The van der Waals surface area contributed by atoms with Gasteiger partial charge in [-0.3, -0.25) is 0 Å². The minimum Gasteiger partial charge on any atom is -0.316 e. The van der Waals surface area contributed by atoms with E-state index in [0.29, 0.717) is 17.4 Å². The number of sulfonamides is 1. The van der Waals surface area contributed by atoms with Crippen molar-refractivity contribution < 1.29 is 8.42 Å². The molecule has 19 heavy (non-hydrogen) atoms. The van der Waals surface area contributed by atoms with Gasteiger partial charge in [0.05, 0.1) is 4.90 Å². The van der Waals surface area contributed by atoms with Crippen LogP contribution in [0.15, 0.2) is 23.1 Å². The summed E-state index contributed by atoms with van der Waals surface area (Å²) in [5.74, 6) is 0.599. The van der Waals surface area contributed by atoms with Gasteiger partial charge in [0.15, 0.2) is 0 Å². The van der Waals surface area contributed by atoms with Gasteiger partial charge < -0.3 is 5.32 Å². The van der Waals surface area contributed by atoms with Crippen LogP contribution in [0.5, 0.6) is 0 Å². The van der Waals surface area contributed by atoms with Crippen molar-refractivity contribution in [3.05, 3.63) is 29.3 Å². The van der Waals surface area contributed by atoms with E-state index in [1.165, 1.54) is 0 Å². The molecule has 2 rings (SSSR count). The van der Waals surface area contributed by atoms with Crippen molar-refractivity contribution in [3.8, 4) is 0 Å². The van der Waals surface area contributed by atoms with E-state index in [1.807, 2.05) is 26.0 Å². The monoisotopic (exact) mass is 282 g/mol. The topological polar surface area (TPSA) is 58.2 Å². The molecule has 0 amide bonds. The van der Waals surface area contributed by atoms with E-state index >= 15 is 0 Å². The molecule has 2 N–H and O–H groups in total. The second-order valence-electron chi connectivity index (χ2n) is 5.31. The predicted octanol–water partition coefficient (Wildman–Crippen LogP) is 1.58. The maximum Gasteiger partial charge on any atom is 0.240 e. The molecule has 106 valence electrons. The minimum atomic E-state index is -3.37. The maximum atomic E-state index is 12.2. The van der Waals surface area contributed by atoms with E-state index in [0.717, 1.165) is 37.1 Å². The third-order valence-corrected chi connectivity index (χ3v) is 5.25. The average Bonchev–Trinajstić information content (AvgIpc) is 2.81. The lowest BCUT2D eigenvalue weighted by Gasteiger charge is -2.12. The Bertz CT molecular complexity index is 534. The summed E-state index contributed by atoms with van der Waals surface area (Å²) < 4.78 is 27.1. The molecule has 0 unspecified atom stereocenters. The van der Waals surface area contributed by atoms with Gasteiger partial charge in [0.2, 0.25) is 10.0 Å². The van der Waals surface area contributed by atoms with E-state index in [9.17, 15) is 8.42 Å². The first kappa shape index (κ1) is 14.5. The molecule has 0 aromatic heterocycles. The lowest BCUT2D eigenvalue weighted by molar-refractivity contribution is 0.519. The third-order valence-electron chi connectivity index (χ3n) is 3.63. The van der Waals surface area contributed by atoms with Crippen LogP contribution in [0.2, 0.25) is 0 Å². The second kappa shape index (κ2) is 6.03. The highest BCUT2D eigenvalue weighted by Gasteiger charge is 2.18. The molecular weight excluding hydrogens is 260 g/mol. The van der Waals surface area contributed by atoms with Crippen molar-refractivity contribution >= 4 is 10.0 Å². The van der Waals surface area contributed by atoms with Crippen molar-refractivity contribution in [2.75, 3.05) is 19.6 Å². The summed E-state index contributed by atoms with van der Waals surface area (Å²) in [5, 5.41) is 3.29. The van der Waals surface area contributed by atoms with Crippen LogP contribution in [0, 0.1) is 19.8 Å². The molecule has 0 radical (unpaired) electrons. The lowest BCUT2D eigenvalue weighted by atomic mass is 10.1. The van der Waals surface area contributed by atoms with E-state index in [1.54, 1.807) is 6.07 Å². The summed E-state index contributed by atoms with van der Waals surface area (Å²) in [4.78, 5) is 0.391. The molecule has 0 bridgehead atoms. The number of hydrogen-bond donors (Lipinski definition) is 2. The van der Waals surface area contributed by atoms with Crippen molar-refractivity contribution in [2.24, 2.45) is 5.92 Å². The van der Waals surface area contributed by atoms with Crippen LogP contribution in [0.1, 0.15) is 24.0 Å². The summed E-state index contributed by atoms with van der Waals surface area (Å²) in [7, 11) is -3.37. The van der Waals surface area contributed by atoms with Crippen LogP contribution < -0.4 is 10.0 Å². The van der Waals surface area contributed by atoms with E-state index in [-0.39, 0.29) is 0 Å². The van der Waals surface area contributed by atoms with Gasteiger partial charge in [0.25, 0.3) is 0 Å². The molecule has 0 aliphatic carbocycles. The third kappa shape index (κ3) is 3.78. The highest BCUT2D eigenvalue weighted by Crippen LogP contribution is 2.17. The normalized spacial score (nSPS) is 19.8. The molecule has 1 atom stereocenters. The molecule has 1 aliphatic rings. The Morgan fingerprint density at radius 2 is 2.16 bits per heavy atom. The Hall–Kier alpha value is -0.910. The van der Waals surface area contributed by atoms with Crippen LogP contribution in [-0.4, -0.2) is 28.1 Å². The molecule has 1 fully saturated rings. The standard InChI is InChI=1S/C14H22N2O2S/c1-11-3-4-14(12(2)9-11)19(17,18)16-8-6-13-5-7-15-10-13/h3-4,9,13,15-16H,5-8,10H2,1-2H3/t13-/m0/s1. The SMILES string of the molecule is Cc1ccc(S(=O)(=O)NCC[C@@H]2CCNC2)c(C)c1. The molecule has 5 heteroatoms. The summed E-state index contributed by atoms with van der Waals surface area (Å²) in [5.41, 5.74) is 1.88. The van der Waals surface area contributed by atoms with E-state index in [2.05, 4.69) is 10.0 Å². The van der Waals surface area contributed by atoms with Gasteiger partial charge >= 0.3 is 0 Å². The van der Waals surface area contributed by atoms with E-state index < -0.39 is 10.0 Å². The zero-order chi connectivity index (χ0) is 13.9. The number of benzene rings is 1. The lowest BCUT2D eigenvalue weighted by Crippen LogP contribution is -2.27. The van der Waals surface area contributed by atoms with Gasteiger partial charge in [-0.2, -0.15) is 0 Å². The van der Waals surface area contributed by atoms with Gasteiger partial charge in [-0.1, -0.05) is 17.7 Å². The van der Waals surface area contributed by atoms with Crippen molar-refractivity contribution in [1.29, 1.82) is 0 Å². The number of nitrogens with one attached hydrogen (secondary N) is 2. The molecule has 1 aromatic carbocycles. The molecule has 4 nitrogen and oxygen atoms in total. The summed E-state index contributed by atoms with van der Waals surface area (Å²) in [6, 6.07) is 5.42. The Balaban J connectivity index is 1.97. The van der Waals surface area contributed by atoms with Crippen LogP contribution in [0.4, 0.5) is 0 Å². The molecule has 1 aliphatic heterocycles. The number of rotatable bonds is 5. The molecular formula is C14H22N2O2S. The van der Waals surface area contributed by atoms with Crippen molar-refractivity contribution in [3.63, 3.8) is 0 Å². The van der Waals surface area contributed by atoms with Gasteiger partial charge in [-0.05, 0) is 57.3 Å². The fourth-order valence-corrected chi connectivity index (χ4v) is 3.81. The van der Waals surface area contributed by atoms with E-state index in [4.69, 9.17) is 0 Å². The number of hydrogen-bond acceptors (Lipinski definition) is 3. The Morgan fingerprint density at radius 1 is 1.37 bits per heavy atom. The molecule has 1 aromatic rings. The van der Waals surface area contributed by atoms with Gasteiger partial charge in [-0.15, -0.1) is 0 Å². The first-order valence-electron chi connectivity index (χ1n) is 6.77. The Kier molecular flexibility index (Phi) is 4.60. The quantitative estimate of drug-likeness (QED) is 0.862. The molecule has 1 saturated heterocycles. The van der Waals surface area contributed by atoms with Crippen molar-refractivity contribution in [2.45, 2.75) is 31.6 Å². The van der Waals surface area contributed by atoms with Crippen LogP contribution in [0.25, 0.3) is 0 Å². The maximum absolute atomic E-state index is 12.2. The summed E-state index contributed by atoms with van der Waals surface area (Å²) in [6.07, 6.45) is 2.04. The smallest absolute Gasteiger partial charge is 0.240 e. The molecule has 0 saturated carbocycles. The largest absolute Gasteiger partial charge is 0.316 e. The highest BCUT2D eigenvalue weighted by molar-refractivity contribution is 7.89. The Morgan fingerprint density at radius 3 is 2.79 bits per heavy atom. The highest BCUT2D eigenvalue weighted by atomic mass is 32.2. The fraction of sp³-hybridized carbons (Fsp3) is 0.571. The summed E-state index contributed by atoms with van der Waals surface area (Å²) in [6.45, 7) is 6.37. The molecule has 0 spiro atoms. The van der Waals surface area contributed by atoms with Crippen LogP contribution in [-0.2, 0) is 10.0 Å². The first-order chi connectivity index (χ1) is 8.99. The zero-order valence-electron chi connectivity index (χ0n) is 11.6. The minimum absolute atomic E-state index is 0.391. The average molecular weight is 282 g/mol. The summed E-state index contributed by atoms with van der Waals surface area (Å²) >= 11 is 0. The van der Waals surface area contributed by atoms with Gasteiger partial charge in [0.1, 0.15) is 0 Å². The second-order valence-corrected chi connectivity index (χ2v) is 7.05.